The first-order valence-corrected chi connectivity index (χ1v) is 7.30. The van der Waals surface area contributed by atoms with Crippen molar-refractivity contribution in [3.05, 3.63) is 29.3 Å². The highest BCUT2D eigenvalue weighted by Crippen LogP contribution is 2.30. The average molecular weight is 284 g/mol. The van der Waals surface area contributed by atoms with Gasteiger partial charge in [0.05, 0.1) is 0 Å². The molecular formula is C16H26ClNO. The molecule has 108 valence electrons. The molecule has 1 aliphatic rings. The van der Waals surface area contributed by atoms with Crippen LogP contribution in [-0.4, -0.2) is 29.1 Å². The smallest absolute Gasteiger partial charge is 0.119 e. The zero-order chi connectivity index (χ0) is 13.0. The summed E-state index contributed by atoms with van der Waals surface area (Å²) in [7, 11) is 0. The van der Waals surface area contributed by atoms with Gasteiger partial charge in [-0.15, -0.1) is 12.4 Å². The van der Waals surface area contributed by atoms with Gasteiger partial charge in [-0.2, -0.15) is 0 Å². The van der Waals surface area contributed by atoms with E-state index >= 15 is 0 Å². The molecule has 0 aromatic heterocycles. The van der Waals surface area contributed by atoms with Gasteiger partial charge in [0, 0.05) is 6.04 Å². The van der Waals surface area contributed by atoms with Crippen molar-refractivity contribution in [3.8, 4) is 5.75 Å². The van der Waals surface area contributed by atoms with E-state index in [9.17, 15) is 5.11 Å². The van der Waals surface area contributed by atoms with Crippen molar-refractivity contribution < 1.29 is 5.11 Å². The molecule has 2 nitrogen and oxygen atoms in total. The number of hydrogen-bond donors (Lipinski definition) is 1. The Labute approximate surface area is 123 Å². The molecule has 19 heavy (non-hydrogen) atoms. The topological polar surface area (TPSA) is 23.5 Å². The molecule has 0 heterocycles. The molecule has 0 aliphatic heterocycles. The monoisotopic (exact) mass is 283 g/mol. The van der Waals surface area contributed by atoms with Crippen LogP contribution < -0.4 is 0 Å². The molecule has 0 spiro atoms. The van der Waals surface area contributed by atoms with E-state index in [4.69, 9.17) is 0 Å². The Kier molecular flexibility index (Phi) is 6.67. The fourth-order valence-corrected chi connectivity index (χ4v) is 3.13. The Morgan fingerprint density at radius 2 is 1.89 bits per heavy atom. The summed E-state index contributed by atoms with van der Waals surface area (Å²) in [5.74, 6) is 0.489. The highest BCUT2D eigenvalue weighted by Gasteiger charge is 2.24. The third-order valence-electron chi connectivity index (χ3n) is 3.97. The molecule has 0 radical (unpaired) electrons. The fraction of sp³-hybridized carbons (Fsp3) is 0.625. The van der Waals surface area contributed by atoms with Crippen molar-refractivity contribution >= 4 is 12.4 Å². The third-order valence-corrected chi connectivity index (χ3v) is 3.97. The Morgan fingerprint density at radius 3 is 2.53 bits per heavy atom. The van der Waals surface area contributed by atoms with Crippen LogP contribution in [0.2, 0.25) is 0 Å². The number of phenols is 1. The highest BCUT2D eigenvalue weighted by molar-refractivity contribution is 5.85. The average Bonchev–Trinajstić information content (AvgIpc) is 2.38. The molecule has 3 heteroatoms. The Hall–Kier alpha value is -0.730. The van der Waals surface area contributed by atoms with Gasteiger partial charge in [0.2, 0.25) is 0 Å². The molecule has 1 aliphatic carbocycles. The Balaban J connectivity index is 0.00000180. The molecule has 0 amide bonds. The van der Waals surface area contributed by atoms with Crippen LogP contribution in [0.4, 0.5) is 0 Å². The summed E-state index contributed by atoms with van der Waals surface area (Å²) < 4.78 is 0. The van der Waals surface area contributed by atoms with Crippen LogP contribution in [0.1, 0.15) is 44.2 Å². The molecule has 1 aromatic rings. The van der Waals surface area contributed by atoms with Crippen LogP contribution in [0.3, 0.4) is 0 Å². The zero-order valence-electron chi connectivity index (χ0n) is 12.1. The number of benzene rings is 1. The molecule has 0 bridgehead atoms. The van der Waals surface area contributed by atoms with Crippen molar-refractivity contribution in [2.75, 3.05) is 13.1 Å². The Morgan fingerprint density at radius 1 is 1.21 bits per heavy atom. The van der Waals surface area contributed by atoms with Gasteiger partial charge in [-0.1, -0.05) is 26.0 Å². The maximum atomic E-state index is 9.87. The first-order valence-electron chi connectivity index (χ1n) is 7.30. The molecule has 0 unspecified atom stereocenters. The second-order valence-corrected chi connectivity index (χ2v) is 5.35. The number of halogens is 1. The SMILES string of the molecule is CCCN(CCC)[C@@H]1CCc2c(O)cccc2C1.Cl. The van der Waals surface area contributed by atoms with Crippen molar-refractivity contribution in [1.82, 2.24) is 4.90 Å². The van der Waals surface area contributed by atoms with Crippen LogP contribution >= 0.6 is 12.4 Å². The van der Waals surface area contributed by atoms with E-state index < -0.39 is 0 Å². The lowest BCUT2D eigenvalue weighted by Crippen LogP contribution is -2.40. The minimum Gasteiger partial charge on any atom is -0.508 e. The van der Waals surface area contributed by atoms with Crippen molar-refractivity contribution in [2.24, 2.45) is 0 Å². The van der Waals surface area contributed by atoms with Gasteiger partial charge in [-0.3, -0.25) is 0 Å². The predicted octanol–water partition coefficient (Wildman–Crippen LogP) is 3.79. The summed E-state index contributed by atoms with van der Waals surface area (Å²) in [5.41, 5.74) is 2.53. The molecule has 1 atom stereocenters. The maximum Gasteiger partial charge on any atom is 0.119 e. The number of aromatic hydroxyl groups is 1. The fourth-order valence-electron chi connectivity index (χ4n) is 3.13. The van der Waals surface area contributed by atoms with Gasteiger partial charge in [-0.05, 0) is 62.4 Å². The van der Waals surface area contributed by atoms with Crippen LogP contribution in [0.5, 0.6) is 5.75 Å². The van der Waals surface area contributed by atoms with E-state index in [1.165, 1.54) is 43.5 Å². The first kappa shape index (κ1) is 16.3. The third kappa shape index (κ3) is 3.87. The van der Waals surface area contributed by atoms with Crippen molar-refractivity contribution in [1.29, 1.82) is 0 Å². The normalized spacial score (nSPS) is 17.9. The van der Waals surface area contributed by atoms with E-state index in [-0.39, 0.29) is 12.4 Å². The minimum absolute atomic E-state index is 0. The van der Waals surface area contributed by atoms with E-state index in [1.807, 2.05) is 12.1 Å². The van der Waals surface area contributed by atoms with Gasteiger partial charge >= 0.3 is 0 Å². The summed E-state index contributed by atoms with van der Waals surface area (Å²) >= 11 is 0. The molecule has 0 saturated carbocycles. The van der Waals surface area contributed by atoms with Crippen LogP contribution in [0, 0.1) is 0 Å². The van der Waals surface area contributed by atoms with Crippen LogP contribution in [0.25, 0.3) is 0 Å². The lowest BCUT2D eigenvalue weighted by atomic mass is 9.86. The molecule has 2 rings (SSSR count). The van der Waals surface area contributed by atoms with E-state index in [2.05, 4.69) is 24.8 Å². The number of phenolic OH excluding ortho intramolecular Hbond substituents is 1. The number of hydrogen-bond acceptors (Lipinski definition) is 2. The predicted molar refractivity (Wildman–Crippen MR) is 83.3 cm³/mol. The summed E-state index contributed by atoms with van der Waals surface area (Å²) in [6.45, 7) is 6.91. The molecule has 0 saturated heterocycles. The summed E-state index contributed by atoms with van der Waals surface area (Å²) in [4.78, 5) is 2.63. The minimum atomic E-state index is 0. The molecular weight excluding hydrogens is 258 g/mol. The quantitative estimate of drug-likeness (QED) is 0.889. The summed E-state index contributed by atoms with van der Waals surface area (Å²) in [6.07, 6.45) is 5.76. The highest BCUT2D eigenvalue weighted by atomic mass is 35.5. The summed E-state index contributed by atoms with van der Waals surface area (Å²) in [6, 6.07) is 6.63. The van der Waals surface area contributed by atoms with Gasteiger partial charge < -0.3 is 10.0 Å². The van der Waals surface area contributed by atoms with E-state index in [1.54, 1.807) is 0 Å². The Bertz CT molecular complexity index is 388. The van der Waals surface area contributed by atoms with Gasteiger partial charge in [0.15, 0.2) is 0 Å². The van der Waals surface area contributed by atoms with Crippen LogP contribution in [0.15, 0.2) is 18.2 Å². The molecule has 1 N–H and O–H groups in total. The largest absolute Gasteiger partial charge is 0.508 e. The van der Waals surface area contributed by atoms with Gasteiger partial charge in [-0.25, -0.2) is 0 Å². The van der Waals surface area contributed by atoms with Crippen molar-refractivity contribution in [3.63, 3.8) is 0 Å². The number of fused-ring (bicyclic) bond motifs is 1. The maximum absolute atomic E-state index is 9.87. The molecule has 1 aromatic carbocycles. The number of nitrogens with zero attached hydrogens (tertiary/aromatic N) is 1. The molecule has 0 fully saturated rings. The van der Waals surface area contributed by atoms with E-state index in [0.29, 0.717) is 11.8 Å². The standard InChI is InChI=1S/C16H25NO.ClH/c1-3-10-17(11-4-2)14-8-9-15-13(12-14)6-5-7-16(15)18;/h5-7,14,18H,3-4,8-12H2,1-2H3;1H/t14-;/m1./s1. The second kappa shape index (κ2) is 7.76. The lowest BCUT2D eigenvalue weighted by Gasteiger charge is -2.35. The zero-order valence-corrected chi connectivity index (χ0v) is 12.9. The lowest BCUT2D eigenvalue weighted by molar-refractivity contribution is 0.179. The summed E-state index contributed by atoms with van der Waals surface area (Å²) in [5, 5.41) is 9.87. The second-order valence-electron chi connectivity index (χ2n) is 5.35. The van der Waals surface area contributed by atoms with Crippen molar-refractivity contribution in [2.45, 2.75) is 52.0 Å². The van der Waals surface area contributed by atoms with Crippen LogP contribution in [-0.2, 0) is 12.8 Å². The first-order chi connectivity index (χ1) is 8.76. The van der Waals surface area contributed by atoms with Gasteiger partial charge in [0.1, 0.15) is 5.75 Å². The number of rotatable bonds is 5. The van der Waals surface area contributed by atoms with Gasteiger partial charge in [0.25, 0.3) is 0 Å². The van der Waals surface area contributed by atoms with E-state index in [0.717, 1.165) is 12.8 Å².